The molecule has 31 heavy (non-hydrogen) atoms. The van der Waals surface area contributed by atoms with E-state index in [9.17, 15) is 0 Å². The molecule has 1 radical (unpaired) electrons. The Morgan fingerprint density at radius 1 is 0.742 bits per heavy atom. The molecule has 1 aromatic rings. The number of ether oxygens (including phenoxy) is 2. The Labute approximate surface area is 204 Å². The van der Waals surface area contributed by atoms with Crippen molar-refractivity contribution in [2.24, 2.45) is 20.0 Å². The van der Waals surface area contributed by atoms with Crippen molar-refractivity contribution in [3.63, 3.8) is 0 Å². The number of aromatic nitrogens is 1. The zero-order valence-electron chi connectivity index (χ0n) is 16.6. The number of hydrogen-bond acceptors (Lipinski definition) is 7. The Hall–Kier alpha value is -2.45. The number of amidine groups is 2. The molecular weight excluding hydrogens is 476 g/mol. The molecule has 0 spiro atoms. The Morgan fingerprint density at radius 2 is 1.19 bits per heavy atom. The summed E-state index contributed by atoms with van der Waals surface area (Å²) in [5.74, 6) is 2.74. The number of aliphatic imine (C=N–C) groups is 4. The maximum atomic E-state index is 5.27. The molecule has 157 valence electrons. The minimum absolute atomic E-state index is 0. The first-order chi connectivity index (χ1) is 13.7. The molecular formula is C21H17Cl2N5O2V. The van der Waals surface area contributed by atoms with Gasteiger partial charge in [-0.1, -0.05) is 18.2 Å². The van der Waals surface area contributed by atoms with Gasteiger partial charge in [0, 0.05) is 12.2 Å². The van der Waals surface area contributed by atoms with E-state index >= 15 is 0 Å². The molecule has 0 saturated carbocycles. The summed E-state index contributed by atoms with van der Waals surface area (Å²) < 4.78 is 10.5. The molecule has 3 heterocycles. The van der Waals surface area contributed by atoms with E-state index in [1.165, 1.54) is 0 Å². The van der Waals surface area contributed by atoms with Crippen molar-refractivity contribution in [3.05, 3.63) is 77.6 Å². The van der Waals surface area contributed by atoms with Gasteiger partial charge in [-0.2, -0.15) is 0 Å². The van der Waals surface area contributed by atoms with Crippen LogP contribution in [0.1, 0.15) is 11.4 Å². The second kappa shape index (κ2) is 10.2. The first kappa shape index (κ1) is 24.8. The monoisotopic (exact) mass is 492 g/mol. The first-order valence-corrected chi connectivity index (χ1v) is 8.92. The largest absolute Gasteiger partial charge is 2.00 e. The van der Waals surface area contributed by atoms with Gasteiger partial charge >= 0.3 is 18.6 Å². The van der Waals surface area contributed by atoms with Gasteiger partial charge in [0.15, 0.2) is 11.7 Å². The summed E-state index contributed by atoms with van der Waals surface area (Å²) in [7, 11) is 3.28. The summed E-state index contributed by atoms with van der Waals surface area (Å²) in [6.45, 7) is 0. The topological polar surface area (TPSA) is 80.8 Å². The summed E-state index contributed by atoms with van der Waals surface area (Å²) in [6, 6.07) is 5.54. The van der Waals surface area contributed by atoms with E-state index in [2.05, 4.69) is 20.0 Å². The number of methoxy groups -OCH3 is 2. The van der Waals surface area contributed by atoms with Gasteiger partial charge in [0.05, 0.1) is 25.6 Å². The maximum absolute atomic E-state index is 5.27. The molecule has 7 nitrogen and oxygen atoms in total. The van der Waals surface area contributed by atoms with E-state index in [-0.39, 0.29) is 55.5 Å². The van der Waals surface area contributed by atoms with Crippen LogP contribution >= 0.6 is 0 Å². The van der Waals surface area contributed by atoms with Crippen molar-refractivity contribution in [3.8, 4) is 0 Å². The SMILES string of the molecule is COC1=CC2=NC(c3cccc(C4=NC5C=CC(OC)=CC5=N4)n3)=NC2C=C1.[Cl-].[Cl-].[V+2]. The van der Waals surface area contributed by atoms with Crippen molar-refractivity contribution < 1.29 is 52.8 Å². The number of hydrogen-bond donors (Lipinski definition) is 0. The maximum Gasteiger partial charge on any atom is 2.00 e. The standard InChI is InChI=1S/C21H17N5O2.2ClH.V/c1-27-12-6-8-14-18(10-12)25-20(23-14)16-4-3-5-17(22-16)21-24-15-9-7-13(28-2)11-19(15)26-21;;;/h3-11,14-15H,1-2H3;2*1H;/q;;;+2/p-2. The Kier molecular flexibility index (Phi) is 8.20. The number of nitrogens with zero attached hydrogens (tertiary/aromatic N) is 5. The molecule has 0 bridgehead atoms. The second-order valence-electron chi connectivity index (χ2n) is 6.50. The molecule has 0 N–H and O–H groups in total. The van der Waals surface area contributed by atoms with Gasteiger partial charge in [0.25, 0.3) is 0 Å². The van der Waals surface area contributed by atoms with Gasteiger partial charge in [0.2, 0.25) is 0 Å². The van der Waals surface area contributed by atoms with Crippen LogP contribution in [0.5, 0.6) is 0 Å². The van der Waals surface area contributed by atoms with Crippen molar-refractivity contribution in [2.75, 3.05) is 14.2 Å². The quantitative estimate of drug-likeness (QED) is 0.436. The third-order valence-electron chi connectivity index (χ3n) is 4.74. The van der Waals surface area contributed by atoms with Crippen molar-refractivity contribution in [1.29, 1.82) is 0 Å². The average Bonchev–Trinajstić information content (AvgIpc) is 3.36. The predicted octanol–water partition coefficient (Wildman–Crippen LogP) is -3.57. The van der Waals surface area contributed by atoms with Gasteiger partial charge in [-0.3, -0.25) is 9.98 Å². The van der Waals surface area contributed by atoms with E-state index in [4.69, 9.17) is 14.5 Å². The second-order valence-corrected chi connectivity index (χ2v) is 6.50. The van der Waals surface area contributed by atoms with Crippen molar-refractivity contribution >= 4 is 23.1 Å². The van der Waals surface area contributed by atoms with Crippen LogP contribution in [0.3, 0.4) is 0 Å². The number of halogens is 2. The Balaban J connectivity index is 0.00000114. The van der Waals surface area contributed by atoms with E-state index in [0.717, 1.165) is 22.9 Å². The van der Waals surface area contributed by atoms with Crippen LogP contribution in [-0.4, -0.2) is 54.4 Å². The van der Waals surface area contributed by atoms with E-state index in [1.54, 1.807) is 14.2 Å². The normalized spacial score (nSPS) is 22.0. The molecule has 2 atom stereocenters. The summed E-state index contributed by atoms with van der Waals surface area (Å²) in [5, 5.41) is 0. The molecule has 4 aliphatic rings. The Bertz CT molecular complexity index is 1040. The van der Waals surface area contributed by atoms with Gasteiger partial charge in [-0.25, -0.2) is 15.0 Å². The smallest absolute Gasteiger partial charge is 1.00 e. The van der Waals surface area contributed by atoms with Crippen LogP contribution in [0.15, 0.2) is 86.1 Å². The fourth-order valence-corrected chi connectivity index (χ4v) is 3.29. The molecule has 2 aliphatic carbocycles. The first-order valence-electron chi connectivity index (χ1n) is 8.92. The van der Waals surface area contributed by atoms with Crippen LogP contribution in [0.4, 0.5) is 0 Å². The van der Waals surface area contributed by atoms with E-state index < -0.39 is 0 Å². The van der Waals surface area contributed by atoms with Crippen LogP contribution in [-0.2, 0) is 28.0 Å². The molecule has 2 aliphatic heterocycles. The molecule has 0 aromatic carbocycles. The molecule has 0 amide bonds. The van der Waals surface area contributed by atoms with E-state index in [1.807, 2.05) is 54.7 Å². The molecule has 2 unspecified atom stereocenters. The molecule has 1 aromatic heterocycles. The fourth-order valence-electron chi connectivity index (χ4n) is 3.29. The number of fused-ring (bicyclic) bond motifs is 2. The fraction of sp³-hybridized carbons (Fsp3) is 0.190. The number of allylic oxidation sites excluding steroid dienone is 2. The molecule has 0 fully saturated rings. The Morgan fingerprint density at radius 3 is 1.61 bits per heavy atom. The average molecular weight is 493 g/mol. The van der Waals surface area contributed by atoms with Crippen LogP contribution in [0.25, 0.3) is 0 Å². The molecule has 0 saturated heterocycles. The minimum Gasteiger partial charge on any atom is -1.00 e. The summed E-state index contributed by atoms with van der Waals surface area (Å²) in [5.41, 5.74) is 3.10. The van der Waals surface area contributed by atoms with Crippen LogP contribution in [0.2, 0.25) is 0 Å². The van der Waals surface area contributed by atoms with Gasteiger partial charge in [-0.05, 0) is 24.3 Å². The van der Waals surface area contributed by atoms with Crippen molar-refractivity contribution in [2.45, 2.75) is 12.1 Å². The third-order valence-corrected chi connectivity index (χ3v) is 4.74. The zero-order valence-corrected chi connectivity index (χ0v) is 19.5. The summed E-state index contributed by atoms with van der Waals surface area (Å²) in [6.07, 6.45) is 11.5. The zero-order chi connectivity index (χ0) is 19.1. The third kappa shape index (κ3) is 4.75. The van der Waals surface area contributed by atoms with Gasteiger partial charge in [0.1, 0.15) is 35.0 Å². The van der Waals surface area contributed by atoms with E-state index in [0.29, 0.717) is 23.1 Å². The summed E-state index contributed by atoms with van der Waals surface area (Å²) in [4.78, 5) is 23.3. The molecule has 5 rings (SSSR count). The molecule has 10 heteroatoms. The number of rotatable bonds is 4. The summed E-state index contributed by atoms with van der Waals surface area (Å²) >= 11 is 0. The predicted molar refractivity (Wildman–Crippen MR) is 108 cm³/mol. The van der Waals surface area contributed by atoms with Gasteiger partial charge in [-0.15, -0.1) is 0 Å². The van der Waals surface area contributed by atoms with Crippen LogP contribution < -0.4 is 24.8 Å². The van der Waals surface area contributed by atoms with Gasteiger partial charge < -0.3 is 34.3 Å². The minimum atomic E-state index is -0.0889. The van der Waals surface area contributed by atoms with Crippen LogP contribution in [0, 0.1) is 0 Å². The van der Waals surface area contributed by atoms with Crippen molar-refractivity contribution in [1.82, 2.24) is 4.98 Å². The number of pyridine rings is 1.